The maximum Gasteiger partial charge on any atom is 0.319 e. The number of nitriles is 1. The number of carboxylic acids is 1. The van der Waals surface area contributed by atoms with Crippen LogP contribution in [-0.4, -0.2) is 23.7 Å². The number of amides is 2. The number of hydrogen-bond acceptors (Lipinski definition) is 3. The molecule has 0 fully saturated rings. The Morgan fingerprint density at radius 1 is 1.48 bits per heavy atom. The molecule has 0 bridgehead atoms. The Labute approximate surface area is 121 Å². The standard InChI is InChI=1S/C14H16FN3O3/c1-3-14(2,12(19)20)8-17-13(21)18-10-4-5-11(15)9(6-10)7-16/h4-6H,3,8H2,1-2H3,(H,19,20)(H2,17,18,21). The number of carbonyl (C=O) groups excluding carboxylic acids is 1. The number of rotatable bonds is 5. The van der Waals surface area contributed by atoms with E-state index in [1.807, 2.05) is 0 Å². The minimum absolute atomic E-state index is 0.0447. The Morgan fingerprint density at radius 3 is 2.67 bits per heavy atom. The van der Waals surface area contributed by atoms with Crippen LogP contribution in [0.4, 0.5) is 14.9 Å². The van der Waals surface area contributed by atoms with E-state index < -0.39 is 23.2 Å². The van der Waals surface area contributed by atoms with Crippen LogP contribution in [0.3, 0.4) is 0 Å². The van der Waals surface area contributed by atoms with Crippen LogP contribution in [0, 0.1) is 22.6 Å². The molecule has 6 nitrogen and oxygen atoms in total. The predicted molar refractivity (Wildman–Crippen MR) is 74.2 cm³/mol. The molecule has 0 saturated heterocycles. The van der Waals surface area contributed by atoms with Gasteiger partial charge in [-0.3, -0.25) is 4.79 Å². The fourth-order valence-electron chi connectivity index (χ4n) is 1.49. The molecule has 1 aromatic rings. The summed E-state index contributed by atoms with van der Waals surface area (Å²) in [6, 6.07) is 4.63. The van der Waals surface area contributed by atoms with Gasteiger partial charge in [0.1, 0.15) is 11.9 Å². The number of benzene rings is 1. The number of nitrogens with zero attached hydrogens (tertiary/aromatic N) is 1. The zero-order valence-electron chi connectivity index (χ0n) is 11.7. The Hall–Kier alpha value is -2.62. The number of aliphatic carboxylic acids is 1. The van der Waals surface area contributed by atoms with E-state index in [1.165, 1.54) is 19.1 Å². The molecule has 7 heteroatoms. The molecule has 0 saturated carbocycles. The Kier molecular flexibility index (Phi) is 5.24. The normalized spacial score (nSPS) is 12.9. The second-order valence-corrected chi connectivity index (χ2v) is 4.83. The van der Waals surface area contributed by atoms with Gasteiger partial charge in [0.25, 0.3) is 0 Å². The molecule has 2 amide bonds. The Morgan fingerprint density at radius 2 is 2.14 bits per heavy atom. The lowest BCUT2D eigenvalue weighted by Gasteiger charge is -2.23. The van der Waals surface area contributed by atoms with E-state index in [4.69, 9.17) is 10.4 Å². The lowest BCUT2D eigenvalue weighted by atomic mass is 9.88. The first-order valence-corrected chi connectivity index (χ1v) is 6.30. The molecule has 1 aromatic carbocycles. The lowest BCUT2D eigenvalue weighted by Crippen LogP contribution is -2.42. The number of urea groups is 1. The highest BCUT2D eigenvalue weighted by Gasteiger charge is 2.31. The summed E-state index contributed by atoms with van der Waals surface area (Å²) in [6.45, 7) is 3.20. The summed E-state index contributed by atoms with van der Waals surface area (Å²) < 4.78 is 13.1. The number of carboxylic acid groups (broad SMARTS) is 1. The van der Waals surface area contributed by atoms with Crippen molar-refractivity contribution < 1.29 is 19.1 Å². The zero-order valence-corrected chi connectivity index (χ0v) is 11.7. The summed E-state index contributed by atoms with van der Waals surface area (Å²) >= 11 is 0. The predicted octanol–water partition coefficient (Wildman–Crippen LogP) is 2.32. The average Bonchev–Trinajstić information content (AvgIpc) is 2.46. The van der Waals surface area contributed by atoms with Crippen molar-refractivity contribution in [3.05, 3.63) is 29.6 Å². The molecule has 0 aliphatic rings. The van der Waals surface area contributed by atoms with Gasteiger partial charge in [-0.1, -0.05) is 6.92 Å². The van der Waals surface area contributed by atoms with Gasteiger partial charge in [0.2, 0.25) is 0 Å². The molecule has 112 valence electrons. The third-order valence-corrected chi connectivity index (χ3v) is 3.28. The molecular weight excluding hydrogens is 277 g/mol. The molecule has 0 aliphatic carbocycles. The quantitative estimate of drug-likeness (QED) is 0.775. The Balaban J connectivity index is 2.67. The maximum absolute atomic E-state index is 13.1. The molecule has 3 N–H and O–H groups in total. The van der Waals surface area contributed by atoms with Gasteiger partial charge in [0.15, 0.2) is 0 Å². The molecule has 0 heterocycles. The van der Waals surface area contributed by atoms with Gasteiger partial charge in [-0.15, -0.1) is 0 Å². The van der Waals surface area contributed by atoms with Crippen molar-refractivity contribution in [1.29, 1.82) is 5.26 Å². The lowest BCUT2D eigenvalue weighted by molar-refractivity contribution is -0.147. The van der Waals surface area contributed by atoms with Gasteiger partial charge in [-0.2, -0.15) is 5.26 Å². The highest BCUT2D eigenvalue weighted by atomic mass is 19.1. The fraction of sp³-hybridized carbons (Fsp3) is 0.357. The second-order valence-electron chi connectivity index (χ2n) is 4.83. The van der Waals surface area contributed by atoms with Gasteiger partial charge < -0.3 is 15.7 Å². The van der Waals surface area contributed by atoms with Crippen molar-refractivity contribution >= 4 is 17.7 Å². The molecule has 1 unspecified atom stereocenters. The molecule has 0 aliphatic heterocycles. The number of hydrogen-bond donors (Lipinski definition) is 3. The first-order chi connectivity index (χ1) is 9.82. The molecule has 21 heavy (non-hydrogen) atoms. The van der Waals surface area contributed by atoms with Crippen LogP contribution >= 0.6 is 0 Å². The van der Waals surface area contributed by atoms with E-state index in [0.717, 1.165) is 6.07 Å². The summed E-state index contributed by atoms with van der Waals surface area (Å²) in [5.74, 6) is -1.67. The highest BCUT2D eigenvalue weighted by Crippen LogP contribution is 2.20. The van der Waals surface area contributed by atoms with Crippen LogP contribution in [0.5, 0.6) is 0 Å². The highest BCUT2D eigenvalue weighted by molar-refractivity contribution is 5.89. The third kappa shape index (κ3) is 4.18. The minimum atomic E-state index is -1.06. The second kappa shape index (κ2) is 6.70. The largest absolute Gasteiger partial charge is 0.481 e. The molecular formula is C14H16FN3O3. The smallest absolute Gasteiger partial charge is 0.319 e. The van der Waals surface area contributed by atoms with Crippen LogP contribution < -0.4 is 10.6 Å². The monoisotopic (exact) mass is 293 g/mol. The van der Waals surface area contributed by atoms with Crippen LogP contribution in [-0.2, 0) is 4.79 Å². The number of nitrogens with one attached hydrogen (secondary N) is 2. The van der Waals surface area contributed by atoms with Crippen LogP contribution in [0.1, 0.15) is 25.8 Å². The van der Waals surface area contributed by atoms with Crippen molar-refractivity contribution in [2.45, 2.75) is 20.3 Å². The first-order valence-electron chi connectivity index (χ1n) is 6.30. The summed E-state index contributed by atoms with van der Waals surface area (Å²) in [6.07, 6.45) is 0.359. The zero-order chi connectivity index (χ0) is 16.0. The van der Waals surface area contributed by atoms with E-state index in [0.29, 0.717) is 6.42 Å². The van der Waals surface area contributed by atoms with E-state index in [9.17, 15) is 14.0 Å². The first kappa shape index (κ1) is 16.4. The van der Waals surface area contributed by atoms with Crippen molar-refractivity contribution in [3.8, 4) is 6.07 Å². The number of carbonyl (C=O) groups is 2. The third-order valence-electron chi connectivity index (χ3n) is 3.28. The van der Waals surface area contributed by atoms with Gasteiger partial charge >= 0.3 is 12.0 Å². The van der Waals surface area contributed by atoms with Gasteiger partial charge in [-0.25, -0.2) is 9.18 Å². The summed E-state index contributed by atoms with van der Waals surface area (Å²) in [7, 11) is 0. The SMILES string of the molecule is CCC(C)(CNC(=O)Nc1ccc(F)c(C#N)c1)C(=O)O. The molecule has 0 aromatic heterocycles. The van der Waals surface area contributed by atoms with Crippen molar-refractivity contribution in [2.75, 3.05) is 11.9 Å². The molecule has 0 spiro atoms. The van der Waals surface area contributed by atoms with E-state index in [2.05, 4.69) is 10.6 Å². The number of anilines is 1. The summed E-state index contributed by atoms with van der Waals surface area (Å²) in [5.41, 5.74) is -0.992. The van der Waals surface area contributed by atoms with Crippen molar-refractivity contribution in [3.63, 3.8) is 0 Å². The van der Waals surface area contributed by atoms with Crippen LogP contribution in [0.15, 0.2) is 18.2 Å². The summed E-state index contributed by atoms with van der Waals surface area (Å²) in [5, 5.41) is 22.6. The van der Waals surface area contributed by atoms with Gasteiger partial charge in [0.05, 0.1) is 11.0 Å². The van der Waals surface area contributed by atoms with Crippen LogP contribution in [0.25, 0.3) is 0 Å². The van der Waals surface area contributed by atoms with Gasteiger partial charge in [-0.05, 0) is 31.5 Å². The van der Waals surface area contributed by atoms with Crippen molar-refractivity contribution in [1.82, 2.24) is 5.32 Å². The molecule has 0 radical (unpaired) electrons. The number of halogens is 1. The maximum atomic E-state index is 13.1. The van der Waals surface area contributed by atoms with Crippen molar-refractivity contribution in [2.24, 2.45) is 5.41 Å². The molecule has 1 atom stereocenters. The van der Waals surface area contributed by atoms with E-state index >= 15 is 0 Å². The molecule has 1 rings (SSSR count). The van der Waals surface area contributed by atoms with E-state index in [1.54, 1.807) is 13.0 Å². The minimum Gasteiger partial charge on any atom is -0.481 e. The Bertz CT molecular complexity index is 598. The van der Waals surface area contributed by atoms with Crippen LogP contribution in [0.2, 0.25) is 0 Å². The topological polar surface area (TPSA) is 102 Å². The summed E-state index contributed by atoms with van der Waals surface area (Å²) in [4.78, 5) is 22.8. The van der Waals surface area contributed by atoms with Gasteiger partial charge in [0, 0.05) is 12.2 Å². The fourth-order valence-corrected chi connectivity index (χ4v) is 1.49. The average molecular weight is 293 g/mol. The van der Waals surface area contributed by atoms with E-state index in [-0.39, 0.29) is 17.8 Å².